The van der Waals surface area contributed by atoms with E-state index in [4.69, 9.17) is 17.6 Å². The first-order chi connectivity index (χ1) is 32.4. The molecule has 0 radical (unpaired) electrons. The molecule has 3 atom stereocenters. The molecule has 0 aromatic carbocycles. The highest BCUT2D eigenvalue weighted by Gasteiger charge is 2.42. The molecule has 0 aromatic rings. The summed E-state index contributed by atoms with van der Waals surface area (Å²) in [5, 5.41) is 60.6. The maximum atomic E-state index is 12.6. The van der Waals surface area contributed by atoms with E-state index in [1.54, 1.807) is 0 Å². The molecule has 0 heterocycles. The van der Waals surface area contributed by atoms with E-state index in [9.17, 15) is 65.0 Å². The maximum Gasteiger partial charge on any atom is 0.501 e. The van der Waals surface area contributed by atoms with E-state index in [0.717, 1.165) is 24.4 Å². The molecule has 0 rings (SSSR count). The van der Waals surface area contributed by atoms with Crippen LogP contribution in [0.2, 0.25) is 6.04 Å². The Morgan fingerprint density at radius 1 is 0.522 bits per heavy atom. The smallest absolute Gasteiger partial charge is 0.395 e. The van der Waals surface area contributed by atoms with E-state index < -0.39 is 81.3 Å². The summed E-state index contributed by atoms with van der Waals surface area (Å²) in [6.45, 7) is 2.52. The van der Waals surface area contributed by atoms with Crippen molar-refractivity contribution in [1.29, 1.82) is 0 Å². The second-order valence-corrected chi connectivity index (χ2v) is 26.1. The molecule has 0 amide bonds. The summed E-state index contributed by atoms with van der Waals surface area (Å²) in [5.41, 5.74) is 0. The van der Waals surface area contributed by atoms with Gasteiger partial charge in [-0.1, -0.05) is 90.4 Å². The van der Waals surface area contributed by atoms with Crippen LogP contribution in [0.5, 0.6) is 0 Å². The van der Waals surface area contributed by atoms with Crippen LogP contribution in [0, 0.1) is 0 Å². The van der Waals surface area contributed by atoms with Crippen LogP contribution in [0.1, 0.15) is 117 Å². The third-order valence-corrected chi connectivity index (χ3v) is 17.2. The molecule has 26 heteroatoms. The summed E-state index contributed by atoms with van der Waals surface area (Å²) >= 11 is 0. The number of hydroxylamine groups is 2. The van der Waals surface area contributed by atoms with Crippen molar-refractivity contribution >= 4 is 39.2 Å². The van der Waals surface area contributed by atoms with Gasteiger partial charge in [0.15, 0.2) is 0 Å². The predicted molar refractivity (Wildman–Crippen MR) is 267 cm³/mol. The first kappa shape index (κ1) is 68.4. The highest BCUT2D eigenvalue weighted by molar-refractivity contribution is 7.86. The first-order valence-electron chi connectivity index (χ1n) is 25.0. The highest BCUT2D eigenvalue weighted by atomic mass is 32.2. The van der Waals surface area contributed by atoms with Crippen molar-refractivity contribution in [3.63, 3.8) is 0 Å². The molecular weight excluding hydrogens is 985 g/mol. The Hall–Kier alpha value is -0.573. The lowest BCUT2D eigenvalue weighted by Crippen LogP contribution is -2.51. The molecule has 0 bridgehead atoms. The van der Waals surface area contributed by atoms with Crippen molar-refractivity contribution in [2.24, 2.45) is 0 Å². The number of rotatable bonds is 50. The molecule has 22 nitrogen and oxygen atoms in total. The van der Waals surface area contributed by atoms with Crippen LogP contribution in [-0.4, -0.2) is 248 Å². The fourth-order valence-electron chi connectivity index (χ4n) is 7.90. The van der Waals surface area contributed by atoms with Crippen molar-refractivity contribution in [2.75, 3.05) is 136 Å². The lowest BCUT2D eigenvalue weighted by Gasteiger charge is -2.35. The SMILES string of the molecule is CCCCCCCCCCCCCCCCC[N+](C)(C)CCC[Si](OCCN(CCO)CC(O)CS(=O)(=O)O)(OCCN(CCO)CC(O)CS(=O)(=O)O)OCCN(CCO)OS(=O)(=O)CC(C)O. The Bertz CT molecular complexity index is 1530. The monoisotopic (exact) mass is 1080 g/mol. The number of hydrogen-bond donors (Lipinski definition) is 8. The molecule has 8 N–H and O–H groups in total. The predicted octanol–water partition coefficient (Wildman–Crippen LogP) is 1.34. The number of hydrogen-bond acceptors (Lipinski definition) is 19. The van der Waals surface area contributed by atoms with Crippen LogP contribution in [0.25, 0.3) is 0 Å². The van der Waals surface area contributed by atoms with E-state index in [0.29, 0.717) is 17.4 Å². The van der Waals surface area contributed by atoms with E-state index >= 15 is 0 Å². The minimum atomic E-state index is -4.51. The van der Waals surface area contributed by atoms with E-state index in [-0.39, 0.29) is 91.4 Å². The van der Waals surface area contributed by atoms with Crippen molar-refractivity contribution in [2.45, 2.75) is 141 Å². The average Bonchev–Trinajstić information content (AvgIpc) is 3.20. The number of aliphatic hydroxyl groups is 6. The molecule has 0 aromatic heterocycles. The Labute approximate surface area is 416 Å². The average molecular weight is 1080 g/mol. The minimum Gasteiger partial charge on any atom is -0.395 e. The first-order valence-corrected chi connectivity index (χ1v) is 31.7. The minimum absolute atomic E-state index is 0.00351. The summed E-state index contributed by atoms with van der Waals surface area (Å²) in [7, 11) is -12.9. The van der Waals surface area contributed by atoms with Crippen molar-refractivity contribution in [1.82, 2.24) is 14.9 Å². The molecule has 0 saturated carbocycles. The van der Waals surface area contributed by atoms with Crippen molar-refractivity contribution < 1.29 is 87.0 Å². The van der Waals surface area contributed by atoms with Crippen LogP contribution < -0.4 is 0 Å². The number of unbranched alkanes of at least 4 members (excludes halogenated alkanes) is 14. The fourth-order valence-corrected chi connectivity index (χ4v) is 12.7. The Morgan fingerprint density at radius 2 is 0.899 bits per heavy atom. The summed E-state index contributed by atoms with van der Waals surface area (Å²) in [4.78, 5) is 3.05. The molecule has 0 spiro atoms. The Kier molecular flexibility index (Phi) is 38.6. The fraction of sp³-hybridized carbons (Fsp3) is 1.00. The molecule has 0 fully saturated rings. The van der Waals surface area contributed by atoms with Gasteiger partial charge in [0.2, 0.25) is 0 Å². The largest absolute Gasteiger partial charge is 0.501 e. The van der Waals surface area contributed by atoms with Gasteiger partial charge in [0.1, 0.15) is 17.3 Å². The van der Waals surface area contributed by atoms with E-state index in [1.807, 2.05) is 0 Å². The second kappa shape index (κ2) is 38.9. The van der Waals surface area contributed by atoms with Crippen LogP contribution in [0.3, 0.4) is 0 Å². The van der Waals surface area contributed by atoms with Gasteiger partial charge < -0.3 is 48.4 Å². The maximum absolute atomic E-state index is 12.6. The topological polar surface area (TPSA) is 311 Å². The zero-order valence-corrected chi connectivity index (χ0v) is 45.8. The number of aliphatic hydroxyl groups excluding tert-OH is 6. The molecule has 0 aliphatic carbocycles. The normalized spacial score (nSPS) is 15.3. The third kappa shape index (κ3) is 41.5. The molecule has 0 aliphatic rings. The molecular formula is C43H95N4O18S3Si+. The van der Waals surface area contributed by atoms with Crippen LogP contribution in [0.15, 0.2) is 0 Å². The van der Waals surface area contributed by atoms with Crippen molar-refractivity contribution in [3.05, 3.63) is 0 Å². The number of nitrogens with zero attached hydrogens (tertiary/aromatic N) is 4. The molecule has 0 saturated heterocycles. The van der Waals surface area contributed by atoms with Gasteiger partial charge in [0.25, 0.3) is 30.4 Å². The second-order valence-electron chi connectivity index (χ2n) is 18.8. The summed E-state index contributed by atoms with van der Waals surface area (Å²) in [5.74, 6) is -2.58. The lowest BCUT2D eigenvalue weighted by atomic mass is 10.0. The van der Waals surface area contributed by atoms with Crippen LogP contribution in [-0.2, 0) is 47.9 Å². The zero-order chi connectivity index (χ0) is 52.2. The van der Waals surface area contributed by atoms with Gasteiger partial charge in [0.05, 0.1) is 85.1 Å². The van der Waals surface area contributed by atoms with Crippen LogP contribution in [0.4, 0.5) is 0 Å². The van der Waals surface area contributed by atoms with Gasteiger partial charge in [0, 0.05) is 64.8 Å². The highest BCUT2D eigenvalue weighted by Crippen LogP contribution is 2.22. The van der Waals surface area contributed by atoms with Crippen molar-refractivity contribution in [3.8, 4) is 0 Å². The summed E-state index contributed by atoms with van der Waals surface area (Å²) < 4.78 is 115. The van der Waals surface area contributed by atoms with Gasteiger partial charge in [-0.2, -0.15) is 34.6 Å². The molecule has 3 unspecified atom stereocenters. The van der Waals surface area contributed by atoms with E-state index in [1.165, 1.54) is 100 Å². The molecule has 69 heavy (non-hydrogen) atoms. The van der Waals surface area contributed by atoms with Gasteiger partial charge >= 0.3 is 8.80 Å². The van der Waals surface area contributed by atoms with Crippen LogP contribution >= 0.6 is 0 Å². The Balaban J connectivity index is 6.16. The van der Waals surface area contributed by atoms with E-state index in [2.05, 4.69) is 21.0 Å². The van der Waals surface area contributed by atoms with Gasteiger partial charge in [-0.15, -0.1) is 0 Å². The van der Waals surface area contributed by atoms with Gasteiger partial charge in [-0.3, -0.25) is 18.9 Å². The zero-order valence-electron chi connectivity index (χ0n) is 42.4. The summed E-state index contributed by atoms with van der Waals surface area (Å²) in [6, 6.07) is 0.228. The van der Waals surface area contributed by atoms with Gasteiger partial charge in [-0.05, 0) is 19.8 Å². The standard InChI is InChI=1S/C43H94N4O18S3Si/c1-5-6-7-8-9-10-11-12-13-14-15-16-17-18-19-27-47(3,4)28-20-35-69(62-32-24-44(21-29-48)36-42(52)39-66(54,55)56,63-33-25-45(22-30-49)37-43(53)40-67(57,58)59)64-34-26-46(23-31-50)65-68(60,61)38-41(2)51/h41-43,48-53H,5-40H2,1-4H3,(H-,54,55,56,57,58,59)/p+1. The third-order valence-electron chi connectivity index (χ3n) is 11.3. The lowest BCUT2D eigenvalue weighted by molar-refractivity contribution is -0.890. The summed E-state index contributed by atoms with van der Waals surface area (Å²) in [6.07, 6.45) is 15.3. The molecule has 416 valence electrons. The van der Waals surface area contributed by atoms with Gasteiger partial charge in [-0.25, -0.2) is 0 Å². The molecule has 0 aliphatic heterocycles. The quantitative estimate of drug-likeness (QED) is 0.0140. The number of quaternary nitrogens is 1. The Morgan fingerprint density at radius 3 is 1.28 bits per heavy atom.